The van der Waals surface area contributed by atoms with Gasteiger partial charge >= 0.3 is 0 Å². The lowest BCUT2D eigenvalue weighted by atomic mass is 9.97. The van der Waals surface area contributed by atoms with Gasteiger partial charge in [-0.05, 0) is 30.9 Å². The van der Waals surface area contributed by atoms with E-state index in [1.807, 2.05) is 23.1 Å². The lowest BCUT2D eigenvalue weighted by molar-refractivity contribution is -0.147. The number of nitrogens with zero attached hydrogens (tertiary/aromatic N) is 1. The van der Waals surface area contributed by atoms with Crippen LogP contribution in [-0.4, -0.2) is 62.1 Å². The minimum Gasteiger partial charge on any atom is -0.366 e. The number of amides is 2. The van der Waals surface area contributed by atoms with Gasteiger partial charge in [0.05, 0.1) is 6.61 Å². The van der Waals surface area contributed by atoms with E-state index in [0.29, 0.717) is 37.7 Å². The standard InChI is InChI=1S/C18H25N3O3/c22-17(15-6-2-1-3-7-15)20-11-14-5-4-9-21(13-14)18(23)16-12-19-8-10-24-16/h1-3,6-7,14,16,19H,4-5,8-13H2,(H,20,22). The van der Waals surface area contributed by atoms with Gasteiger partial charge in [-0.3, -0.25) is 9.59 Å². The van der Waals surface area contributed by atoms with Crippen molar-refractivity contribution in [2.45, 2.75) is 18.9 Å². The predicted octanol–water partition coefficient (Wildman–Crippen LogP) is 0.643. The third-order valence-electron chi connectivity index (χ3n) is 4.62. The highest BCUT2D eigenvalue weighted by Gasteiger charge is 2.30. The van der Waals surface area contributed by atoms with Gasteiger partial charge in [-0.1, -0.05) is 18.2 Å². The van der Waals surface area contributed by atoms with Crippen molar-refractivity contribution in [2.24, 2.45) is 5.92 Å². The SMILES string of the molecule is O=C(NCC1CCCN(C(=O)C2CNCCO2)C1)c1ccccc1. The summed E-state index contributed by atoms with van der Waals surface area (Å²) in [4.78, 5) is 26.6. The van der Waals surface area contributed by atoms with E-state index in [9.17, 15) is 9.59 Å². The molecular weight excluding hydrogens is 306 g/mol. The Labute approximate surface area is 142 Å². The maximum Gasteiger partial charge on any atom is 0.253 e. The highest BCUT2D eigenvalue weighted by molar-refractivity contribution is 5.94. The van der Waals surface area contributed by atoms with E-state index in [1.54, 1.807) is 12.1 Å². The van der Waals surface area contributed by atoms with Crippen LogP contribution in [0, 0.1) is 5.92 Å². The molecule has 2 fully saturated rings. The van der Waals surface area contributed by atoms with Crippen molar-refractivity contribution in [1.29, 1.82) is 0 Å². The summed E-state index contributed by atoms with van der Waals surface area (Å²) in [6.45, 7) is 4.04. The van der Waals surface area contributed by atoms with Gasteiger partial charge in [0, 0.05) is 38.3 Å². The first-order valence-corrected chi connectivity index (χ1v) is 8.68. The molecule has 6 heteroatoms. The Balaban J connectivity index is 1.48. The molecule has 2 unspecified atom stereocenters. The summed E-state index contributed by atoms with van der Waals surface area (Å²) in [7, 11) is 0. The highest BCUT2D eigenvalue weighted by Crippen LogP contribution is 2.17. The van der Waals surface area contributed by atoms with Crippen LogP contribution in [0.4, 0.5) is 0 Å². The van der Waals surface area contributed by atoms with Crippen LogP contribution in [0.5, 0.6) is 0 Å². The van der Waals surface area contributed by atoms with Crippen LogP contribution in [0.2, 0.25) is 0 Å². The van der Waals surface area contributed by atoms with Gasteiger partial charge in [-0.25, -0.2) is 0 Å². The van der Waals surface area contributed by atoms with Crippen molar-refractivity contribution >= 4 is 11.8 Å². The number of rotatable bonds is 4. The molecule has 2 aliphatic heterocycles. The summed E-state index contributed by atoms with van der Waals surface area (Å²) in [6, 6.07) is 9.21. The molecule has 2 N–H and O–H groups in total. The number of piperidine rings is 1. The van der Waals surface area contributed by atoms with E-state index >= 15 is 0 Å². The average molecular weight is 331 g/mol. The smallest absolute Gasteiger partial charge is 0.253 e. The van der Waals surface area contributed by atoms with E-state index in [1.165, 1.54) is 0 Å². The third kappa shape index (κ3) is 4.33. The molecule has 1 aromatic rings. The molecule has 0 aromatic heterocycles. The molecule has 6 nitrogen and oxygen atoms in total. The molecule has 3 rings (SSSR count). The molecule has 0 spiro atoms. The molecule has 2 atom stereocenters. The summed E-state index contributed by atoms with van der Waals surface area (Å²) in [5, 5.41) is 6.18. The van der Waals surface area contributed by atoms with E-state index in [4.69, 9.17) is 4.74 Å². The van der Waals surface area contributed by atoms with Crippen molar-refractivity contribution < 1.29 is 14.3 Å². The number of likely N-dealkylation sites (tertiary alicyclic amines) is 1. The molecule has 1 aromatic carbocycles. The number of hydrogen-bond acceptors (Lipinski definition) is 4. The minimum atomic E-state index is -0.364. The fourth-order valence-electron chi connectivity index (χ4n) is 3.29. The Bertz CT molecular complexity index is 558. The zero-order valence-electron chi connectivity index (χ0n) is 13.9. The molecule has 0 aliphatic carbocycles. The molecule has 0 radical (unpaired) electrons. The van der Waals surface area contributed by atoms with Crippen molar-refractivity contribution in [2.75, 3.05) is 39.3 Å². The van der Waals surface area contributed by atoms with Crippen LogP contribution in [0.3, 0.4) is 0 Å². The van der Waals surface area contributed by atoms with Crippen LogP contribution < -0.4 is 10.6 Å². The van der Waals surface area contributed by atoms with Gasteiger partial charge in [-0.15, -0.1) is 0 Å². The largest absolute Gasteiger partial charge is 0.366 e. The van der Waals surface area contributed by atoms with E-state index in [0.717, 1.165) is 25.9 Å². The summed E-state index contributed by atoms with van der Waals surface area (Å²) < 4.78 is 5.56. The second kappa shape index (κ2) is 8.26. The molecule has 0 saturated carbocycles. The van der Waals surface area contributed by atoms with E-state index in [-0.39, 0.29) is 17.9 Å². The number of hydrogen-bond donors (Lipinski definition) is 2. The Morgan fingerprint density at radius 3 is 2.88 bits per heavy atom. The minimum absolute atomic E-state index is 0.0566. The van der Waals surface area contributed by atoms with E-state index < -0.39 is 0 Å². The first-order valence-electron chi connectivity index (χ1n) is 8.68. The van der Waals surface area contributed by atoms with Gasteiger partial charge < -0.3 is 20.3 Å². The Kier molecular flexibility index (Phi) is 5.82. The van der Waals surface area contributed by atoms with Gasteiger partial charge in [0.1, 0.15) is 6.10 Å². The first kappa shape index (κ1) is 16.9. The zero-order valence-corrected chi connectivity index (χ0v) is 13.9. The number of morpholine rings is 1. The monoisotopic (exact) mass is 331 g/mol. The van der Waals surface area contributed by atoms with Crippen molar-refractivity contribution in [3.8, 4) is 0 Å². The molecular formula is C18H25N3O3. The third-order valence-corrected chi connectivity index (χ3v) is 4.62. The fourth-order valence-corrected chi connectivity index (χ4v) is 3.29. The normalized spacial score (nSPS) is 24.4. The zero-order chi connectivity index (χ0) is 16.8. The van der Waals surface area contributed by atoms with Gasteiger partial charge in [0.15, 0.2) is 0 Å². The average Bonchev–Trinajstić information content (AvgIpc) is 2.67. The molecule has 2 heterocycles. The maximum absolute atomic E-state index is 12.5. The van der Waals surface area contributed by atoms with Crippen molar-refractivity contribution in [1.82, 2.24) is 15.5 Å². The number of nitrogens with one attached hydrogen (secondary N) is 2. The first-order chi connectivity index (χ1) is 11.7. The topological polar surface area (TPSA) is 70.7 Å². The Morgan fingerprint density at radius 1 is 1.29 bits per heavy atom. The lowest BCUT2D eigenvalue weighted by Crippen LogP contribution is -2.52. The molecule has 2 saturated heterocycles. The van der Waals surface area contributed by atoms with Crippen LogP contribution in [0.15, 0.2) is 30.3 Å². The van der Waals surface area contributed by atoms with E-state index in [2.05, 4.69) is 10.6 Å². The number of carbonyl (C=O) groups is 2. The molecule has 2 aliphatic rings. The van der Waals surface area contributed by atoms with Gasteiger partial charge in [-0.2, -0.15) is 0 Å². The summed E-state index contributed by atoms with van der Waals surface area (Å²) in [5.74, 6) is 0.312. The van der Waals surface area contributed by atoms with Crippen molar-refractivity contribution in [3.63, 3.8) is 0 Å². The Morgan fingerprint density at radius 2 is 2.12 bits per heavy atom. The lowest BCUT2D eigenvalue weighted by Gasteiger charge is -2.36. The second-order valence-corrected chi connectivity index (χ2v) is 6.43. The van der Waals surface area contributed by atoms with Crippen LogP contribution in [0.25, 0.3) is 0 Å². The maximum atomic E-state index is 12.5. The summed E-state index contributed by atoms with van der Waals surface area (Å²) in [5.41, 5.74) is 0.669. The molecule has 130 valence electrons. The number of carbonyl (C=O) groups excluding carboxylic acids is 2. The number of ether oxygens (including phenoxy) is 1. The van der Waals surface area contributed by atoms with Crippen LogP contribution in [-0.2, 0) is 9.53 Å². The molecule has 24 heavy (non-hydrogen) atoms. The van der Waals surface area contributed by atoms with Crippen molar-refractivity contribution in [3.05, 3.63) is 35.9 Å². The van der Waals surface area contributed by atoms with Crippen LogP contribution in [0.1, 0.15) is 23.2 Å². The van der Waals surface area contributed by atoms with Gasteiger partial charge in [0.25, 0.3) is 11.8 Å². The highest BCUT2D eigenvalue weighted by atomic mass is 16.5. The predicted molar refractivity (Wildman–Crippen MR) is 90.7 cm³/mol. The fraction of sp³-hybridized carbons (Fsp3) is 0.556. The Hall–Kier alpha value is -1.92. The molecule has 0 bridgehead atoms. The second-order valence-electron chi connectivity index (χ2n) is 6.43. The number of benzene rings is 1. The molecule has 2 amide bonds. The van der Waals surface area contributed by atoms with Crippen LogP contribution >= 0.6 is 0 Å². The van der Waals surface area contributed by atoms with Gasteiger partial charge in [0.2, 0.25) is 0 Å². The summed E-state index contributed by atoms with van der Waals surface area (Å²) >= 11 is 0. The quantitative estimate of drug-likeness (QED) is 0.850. The summed E-state index contributed by atoms with van der Waals surface area (Å²) in [6.07, 6.45) is 1.64.